The maximum absolute atomic E-state index is 12.3. The largest absolute Gasteiger partial charge is 0.352 e. The molecule has 0 aliphatic rings. The zero-order valence-corrected chi connectivity index (χ0v) is 12.8. The first-order valence-corrected chi connectivity index (χ1v) is 6.88. The molecule has 0 saturated carbocycles. The molecule has 0 fully saturated rings. The van der Waals surface area contributed by atoms with Gasteiger partial charge < -0.3 is 16.4 Å². The van der Waals surface area contributed by atoms with E-state index in [0.717, 1.165) is 0 Å². The maximum Gasteiger partial charge on any atom is 0.312 e. The van der Waals surface area contributed by atoms with Gasteiger partial charge in [-0.15, -0.1) is 0 Å². The Morgan fingerprint density at radius 2 is 2.05 bits per heavy atom. The van der Waals surface area contributed by atoms with Gasteiger partial charge in [-0.2, -0.15) is 0 Å². The monoisotopic (exact) mass is 308 g/mol. The maximum atomic E-state index is 12.3. The molecule has 0 aliphatic carbocycles. The minimum absolute atomic E-state index is 0.0826. The van der Waals surface area contributed by atoms with Crippen LogP contribution in [0.1, 0.15) is 25.8 Å². The van der Waals surface area contributed by atoms with Gasteiger partial charge in [0.1, 0.15) is 6.04 Å². The molecule has 8 nitrogen and oxygen atoms in total. The number of hydrogen-bond acceptors (Lipinski definition) is 4. The summed E-state index contributed by atoms with van der Waals surface area (Å²) >= 11 is 0. The van der Waals surface area contributed by atoms with Crippen molar-refractivity contribution in [3.8, 4) is 0 Å². The highest BCUT2D eigenvalue weighted by molar-refractivity contribution is 5.98. The molecular weight excluding hydrogens is 288 g/mol. The molecule has 1 aromatic carbocycles. The number of anilines is 1. The number of rotatable bonds is 6. The lowest BCUT2D eigenvalue weighted by molar-refractivity contribution is -0.385. The third-order valence-electron chi connectivity index (χ3n) is 3.55. The average Bonchev–Trinajstić information content (AvgIpc) is 2.45. The summed E-state index contributed by atoms with van der Waals surface area (Å²) in [5.74, 6) is -0.594. The van der Waals surface area contributed by atoms with Crippen LogP contribution in [0.15, 0.2) is 18.2 Å². The molecule has 4 N–H and O–H groups in total. The van der Waals surface area contributed by atoms with Gasteiger partial charge in [0.2, 0.25) is 5.91 Å². The van der Waals surface area contributed by atoms with Crippen molar-refractivity contribution in [3.63, 3.8) is 0 Å². The minimum atomic E-state index is -0.804. The number of hydrogen-bond donors (Lipinski definition) is 3. The molecule has 120 valence electrons. The van der Waals surface area contributed by atoms with Crippen LogP contribution in [-0.4, -0.2) is 22.9 Å². The highest BCUT2D eigenvalue weighted by atomic mass is 16.6. The molecule has 1 aromatic rings. The molecule has 0 unspecified atom stereocenters. The number of nitro groups is 1. The molecule has 0 heterocycles. The van der Waals surface area contributed by atoms with Gasteiger partial charge in [-0.05, 0) is 18.9 Å². The Kier molecular flexibility index (Phi) is 5.85. The second-order valence-electron chi connectivity index (χ2n) is 5.07. The fourth-order valence-corrected chi connectivity index (χ4v) is 2.02. The smallest absolute Gasteiger partial charge is 0.312 e. The standard InChI is InChI=1S/C14H20N4O4/c1-4-8(2)12(17-14(15)20)13(19)16-10-6-5-7-11(9(10)3)18(21)22/h5-8,12H,4H2,1-3H3,(H,16,19)(H3,15,17,20)/t8-,12-/m1/s1. The van der Waals surface area contributed by atoms with E-state index in [1.54, 1.807) is 19.9 Å². The van der Waals surface area contributed by atoms with Gasteiger partial charge in [-0.3, -0.25) is 14.9 Å². The van der Waals surface area contributed by atoms with Crippen molar-refractivity contribution in [2.75, 3.05) is 5.32 Å². The van der Waals surface area contributed by atoms with Crippen LogP contribution in [0.5, 0.6) is 0 Å². The average molecular weight is 308 g/mol. The molecule has 8 heteroatoms. The van der Waals surface area contributed by atoms with E-state index < -0.39 is 22.9 Å². The van der Waals surface area contributed by atoms with Crippen molar-refractivity contribution in [3.05, 3.63) is 33.9 Å². The van der Waals surface area contributed by atoms with Gasteiger partial charge in [0.25, 0.3) is 5.69 Å². The number of carbonyl (C=O) groups excluding carboxylic acids is 2. The predicted molar refractivity (Wildman–Crippen MR) is 82.4 cm³/mol. The Bertz CT molecular complexity index is 588. The van der Waals surface area contributed by atoms with E-state index in [4.69, 9.17) is 5.73 Å². The molecule has 3 amide bonds. The molecule has 1 rings (SSSR count). The number of carbonyl (C=O) groups is 2. The molecule has 0 saturated heterocycles. The molecule has 0 spiro atoms. The van der Waals surface area contributed by atoms with E-state index in [2.05, 4.69) is 10.6 Å². The SMILES string of the molecule is CC[C@@H](C)[C@@H](NC(N)=O)C(=O)Nc1cccc([N+](=O)[O-])c1C. The Morgan fingerprint density at radius 3 is 2.55 bits per heavy atom. The summed E-state index contributed by atoms with van der Waals surface area (Å²) < 4.78 is 0. The Hall–Kier alpha value is -2.64. The van der Waals surface area contributed by atoms with Crippen LogP contribution in [-0.2, 0) is 4.79 Å². The molecule has 0 aromatic heterocycles. The Labute approximate surface area is 128 Å². The summed E-state index contributed by atoms with van der Waals surface area (Å²) in [7, 11) is 0. The molecular formula is C14H20N4O4. The first kappa shape index (κ1) is 17.4. The molecule has 2 atom stereocenters. The number of benzene rings is 1. The highest BCUT2D eigenvalue weighted by Gasteiger charge is 2.26. The van der Waals surface area contributed by atoms with Gasteiger partial charge in [0, 0.05) is 6.07 Å². The number of amides is 3. The second-order valence-corrected chi connectivity index (χ2v) is 5.07. The lowest BCUT2D eigenvalue weighted by atomic mass is 9.98. The van der Waals surface area contributed by atoms with E-state index >= 15 is 0 Å². The third kappa shape index (κ3) is 4.18. The van der Waals surface area contributed by atoms with Crippen molar-refractivity contribution in [1.82, 2.24) is 5.32 Å². The minimum Gasteiger partial charge on any atom is -0.352 e. The molecule has 22 heavy (non-hydrogen) atoms. The summed E-state index contributed by atoms with van der Waals surface area (Å²) in [5.41, 5.74) is 5.69. The van der Waals surface area contributed by atoms with Crippen LogP contribution in [0, 0.1) is 23.0 Å². The number of nitrogens with one attached hydrogen (secondary N) is 2. The summed E-state index contributed by atoms with van der Waals surface area (Å²) in [6, 6.07) is 2.81. The highest BCUT2D eigenvalue weighted by Crippen LogP contribution is 2.25. The number of nitrogens with two attached hydrogens (primary N) is 1. The van der Waals surface area contributed by atoms with Crippen molar-refractivity contribution >= 4 is 23.3 Å². The van der Waals surface area contributed by atoms with E-state index in [9.17, 15) is 19.7 Å². The Morgan fingerprint density at radius 1 is 1.41 bits per heavy atom. The molecule has 0 bridgehead atoms. The summed E-state index contributed by atoms with van der Waals surface area (Å²) in [4.78, 5) is 33.8. The van der Waals surface area contributed by atoms with Crippen molar-refractivity contribution in [2.24, 2.45) is 11.7 Å². The zero-order valence-electron chi connectivity index (χ0n) is 12.8. The Balaban J connectivity index is 3.01. The van der Waals surface area contributed by atoms with Crippen LogP contribution < -0.4 is 16.4 Å². The van der Waals surface area contributed by atoms with Gasteiger partial charge in [-0.1, -0.05) is 26.3 Å². The normalized spacial score (nSPS) is 13.0. The zero-order chi connectivity index (χ0) is 16.9. The van der Waals surface area contributed by atoms with Crippen LogP contribution in [0.4, 0.5) is 16.2 Å². The number of nitrogens with zero attached hydrogens (tertiary/aromatic N) is 1. The van der Waals surface area contributed by atoms with Crippen molar-refractivity contribution < 1.29 is 14.5 Å². The first-order chi connectivity index (χ1) is 10.3. The summed E-state index contributed by atoms with van der Waals surface area (Å²) in [6.07, 6.45) is 0.659. The second kappa shape index (κ2) is 7.39. The van der Waals surface area contributed by atoms with Gasteiger partial charge in [-0.25, -0.2) is 4.79 Å². The quantitative estimate of drug-likeness (QED) is 0.548. The molecule has 0 radical (unpaired) electrons. The topological polar surface area (TPSA) is 127 Å². The fraction of sp³-hybridized carbons (Fsp3) is 0.429. The molecule has 0 aliphatic heterocycles. The van der Waals surface area contributed by atoms with Gasteiger partial charge >= 0.3 is 6.03 Å². The third-order valence-corrected chi connectivity index (χ3v) is 3.55. The lowest BCUT2D eigenvalue weighted by Crippen LogP contribution is -2.49. The summed E-state index contributed by atoms with van der Waals surface area (Å²) in [6.45, 7) is 5.24. The number of urea groups is 1. The van der Waals surface area contributed by atoms with Crippen molar-refractivity contribution in [2.45, 2.75) is 33.2 Å². The van der Waals surface area contributed by atoms with E-state index in [1.807, 2.05) is 6.92 Å². The van der Waals surface area contributed by atoms with E-state index in [0.29, 0.717) is 17.7 Å². The van der Waals surface area contributed by atoms with Crippen LogP contribution in [0.3, 0.4) is 0 Å². The fourth-order valence-electron chi connectivity index (χ4n) is 2.02. The summed E-state index contributed by atoms with van der Waals surface area (Å²) in [5, 5.41) is 15.9. The number of primary amides is 1. The van der Waals surface area contributed by atoms with Crippen LogP contribution >= 0.6 is 0 Å². The van der Waals surface area contributed by atoms with Crippen LogP contribution in [0.2, 0.25) is 0 Å². The first-order valence-electron chi connectivity index (χ1n) is 6.88. The van der Waals surface area contributed by atoms with Crippen LogP contribution in [0.25, 0.3) is 0 Å². The predicted octanol–water partition coefficient (Wildman–Crippen LogP) is 1.92. The van der Waals surface area contributed by atoms with Gasteiger partial charge in [0.05, 0.1) is 16.2 Å². The van der Waals surface area contributed by atoms with Crippen molar-refractivity contribution in [1.29, 1.82) is 0 Å². The van der Waals surface area contributed by atoms with E-state index in [1.165, 1.54) is 12.1 Å². The lowest BCUT2D eigenvalue weighted by Gasteiger charge is -2.23. The van der Waals surface area contributed by atoms with E-state index in [-0.39, 0.29) is 11.6 Å². The van der Waals surface area contributed by atoms with Gasteiger partial charge in [0.15, 0.2) is 0 Å². The number of nitro benzene ring substituents is 1.